The third-order valence-corrected chi connectivity index (χ3v) is 2.34. The maximum absolute atomic E-state index is 8.75. The summed E-state index contributed by atoms with van der Waals surface area (Å²) in [6.07, 6.45) is 1.59. The quantitative estimate of drug-likeness (QED) is 0.799. The smallest absolute Gasteiger partial charge is 0.230 e. The second-order valence-corrected chi connectivity index (χ2v) is 4.37. The average Bonchev–Trinajstić information content (AvgIpc) is 2.25. The van der Waals surface area contributed by atoms with Crippen LogP contribution in [0.25, 0.3) is 0 Å². The number of aliphatic hydroxyl groups is 1. The lowest BCUT2D eigenvalue weighted by molar-refractivity contribution is 0.282. The largest absolute Gasteiger partial charge is 0.396 e. The van der Waals surface area contributed by atoms with Gasteiger partial charge in [0.05, 0.1) is 0 Å². The molecule has 0 saturated carbocycles. The third kappa shape index (κ3) is 4.70. The highest BCUT2D eigenvalue weighted by Gasteiger charge is 2.09. The Morgan fingerprint density at radius 1 is 1.35 bits per heavy atom. The van der Waals surface area contributed by atoms with E-state index in [9.17, 15) is 0 Å². The van der Waals surface area contributed by atoms with E-state index in [0.717, 1.165) is 12.8 Å². The Morgan fingerprint density at radius 3 is 2.65 bits per heavy atom. The summed E-state index contributed by atoms with van der Waals surface area (Å²) < 4.78 is 0. The molecule has 6 nitrogen and oxygen atoms in total. The highest BCUT2D eigenvalue weighted by molar-refractivity contribution is 6.28. The molecule has 0 amide bonds. The first-order chi connectivity index (χ1) is 8.02. The topological polar surface area (TPSA) is 74.2 Å². The zero-order valence-corrected chi connectivity index (χ0v) is 11.1. The van der Waals surface area contributed by atoms with Gasteiger partial charge in [-0.05, 0) is 31.4 Å². The molecule has 1 aromatic heterocycles. The summed E-state index contributed by atoms with van der Waals surface area (Å²) in [5.74, 6) is 0.973. The lowest BCUT2D eigenvalue weighted by Gasteiger charge is -2.15. The van der Waals surface area contributed by atoms with Gasteiger partial charge in [0.1, 0.15) is 0 Å². The molecule has 0 radical (unpaired) electrons. The van der Waals surface area contributed by atoms with Crippen LogP contribution in [0.15, 0.2) is 0 Å². The van der Waals surface area contributed by atoms with Crippen molar-refractivity contribution >= 4 is 23.5 Å². The second-order valence-electron chi connectivity index (χ2n) is 4.03. The Balaban J connectivity index is 2.70. The summed E-state index contributed by atoms with van der Waals surface area (Å²) >= 11 is 5.81. The number of aromatic nitrogens is 3. The fraction of sp³-hybridized carbons (Fsp3) is 0.700. The van der Waals surface area contributed by atoms with Crippen molar-refractivity contribution in [3.05, 3.63) is 5.28 Å². The number of anilines is 2. The molecular formula is C10H18ClN5O. The molecule has 0 aromatic carbocycles. The van der Waals surface area contributed by atoms with Crippen LogP contribution in [0.3, 0.4) is 0 Å². The van der Waals surface area contributed by atoms with Crippen molar-refractivity contribution in [2.45, 2.75) is 25.8 Å². The summed E-state index contributed by atoms with van der Waals surface area (Å²) in [4.78, 5) is 14.0. The number of nitrogens with zero attached hydrogens (tertiary/aromatic N) is 4. The zero-order valence-electron chi connectivity index (χ0n) is 10.3. The standard InChI is InChI=1S/C10H18ClN5O/c1-7(5-4-6-17)12-9-13-8(11)14-10(15-9)16(2)3/h7,17H,4-6H2,1-3H3,(H,12,13,14,15). The lowest BCUT2D eigenvalue weighted by Crippen LogP contribution is -2.20. The van der Waals surface area contributed by atoms with Crippen molar-refractivity contribution in [3.8, 4) is 0 Å². The van der Waals surface area contributed by atoms with Gasteiger partial charge in [-0.15, -0.1) is 0 Å². The minimum Gasteiger partial charge on any atom is -0.396 e. The van der Waals surface area contributed by atoms with Crippen LogP contribution in [-0.4, -0.2) is 46.8 Å². The highest BCUT2D eigenvalue weighted by Crippen LogP contribution is 2.13. The van der Waals surface area contributed by atoms with Crippen molar-refractivity contribution in [2.24, 2.45) is 0 Å². The van der Waals surface area contributed by atoms with E-state index in [0.29, 0.717) is 11.9 Å². The van der Waals surface area contributed by atoms with Gasteiger partial charge in [0, 0.05) is 26.7 Å². The third-order valence-electron chi connectivity index (χ3n) is 2.17. The van der Waals surface area contributed by atoms with Crippen molar-refractivity contribution in [3.63, 3.8) is 0 Å². The molecule has 0 spiro atoms. The van der Waals surface area contributed by atoms with E-state index < -0.39 is 0 Å². The first kappa shape index (κ1) is 13.9. The van der Waals surface area contributed by atoms with Crippen LogP contribution in [0.2, 0.25) is 5.28 Å². The molecular weight excluding hydrogens is 242 g/mol. The van der Waals surface area contributed by atoms with Crippen LogP contribution >= 0.6 is 11.6 Å². The first-order valence-electron chi connectivity index (χ1n) is 5.49. The van der Waals surface area contributed by atoms with E-state index in [-0.39, 0.29) is 17.9 Å². The Hall–Kier alpha value is -1.14. The molecule has 1 rings (SSSR count). The molecule has 1 unspecified atom stereocenters. The maximum atomic E-state index is 8.75. The first-order valence-corrected chi connectivity index (χ1v) is 5.87. The van der Waals surface area contributed by atoms with E-state index >= 15 is 0 Å². The summed E-state index contributed by atoms with van der Waals surface area (Å²) in [6, 6.07) is 0.177. The Morgan fingerprint density at radius 2 is 2.06 bits per heavy atom. The molecule has 17 heavy (non-hydrogen) atoms. The molecule has 0 aliphatic heterocycles. The number of aliphatic hydroxyl groups excluding tert-OH is 1. The monoisotopic (exact) mass is 259 g/mol. The van der Waals surface area contributed by atoms with Crippen LogP contribution in [0, 0.1) is 0 Å². The zero-order chi connectivity index (χ0) is 12.8. The molecule has 0 saturated heterocycles. The molecule has 96 valence electrons. The van der Waals surface area contributed by atoms with E-state index in [1.165, 1.54) is 0 Å². The van der Waals surface area contributed by atoms with Crippen molar-refractivity contribution in [1.29, 1.82) is 0 Å². The molecule has 0 aliphatic carbocycles. The fourth-order valence-electron chi connectivity index (χ4n) is 1.29. The average molecular weight is 260 g/mol. The van der Waals surface area contributed by atoms with E-state index in [1.807, 2.05) is 21.0 Å². The van der Waals surface area contributed by atoms with Gasteiger partial charge in [-0.25, -0.2) is 0 Å². The lowest BCUT2D eigenvalue weighted by atomic mass is 10.2. The number of halogens is 1. The second kappa shape index (κ2) is 6.56. The Labute approximate surface area is 106 Å². The van der Waals surface area contributed by atoms with Crippen LogP contribution in [0.4, 0.5) is 11.9 Å². The van der Waals surface area contributed by atoms with Crippen LogP contribution in [0.1, 0.15) is 19.8 Å². The van der Waals surface area contributed by atoms with Crippen molar-refractivity contribution in [2.75, 3.05) is 30.9 Å². The fourth-order valence-corrected chi connectivity index (χ4v) is 1.45. The van der Waals surface area contributed by atoms with Gasteiger partial charge < -0.3 is 15.3 Å². The predicted molar refractivity (Wildman–Crippen MR) is 68.6 cm³/mol. The summed E-state index contributed by atoms with van der Waals surface area (Å²) in [7, 11) is 3.68. The normalized spacial score (nSPS) is 12.3. The van der Waals surface area contributed by atoms with Gasteiger partial charge in [0.2, 0.25) is 17.2 Å². The van der Waals surface area contributed by atoms with Crippen LogP contribution in [-0.2, 0) is 0 Å². The van der Waals surface area contributed by atoms with E-state index in [2.05, 4.69) is 20.3 Å². The molecule has 1 atom stereocenters. The van der Waals surface area contributed by atoms with Crippen molar-refractivity contribution in [1.82, 2.24) is 15.0 Å². The number of nitrogens with one attached hydrogen (secondary N) is 1. The van der Waals surface area contributed by atoms with Gasteiger partial charge in [-0.1, -0.05) is 0 Å². The molecule has 1 heterocycles. The van der Waals surface area contributed by atoms with Crippen LogP contribution in [0.5, 0.6) is 0 Å². The van der Waals surface area contributed by atoms with Crippen LogP contribution < -0.4 is 10.2 Å². The Kier molecular flexibility index (Phi) is 5.37. The van der Waals surface area contributed by atoms with E-state index in [1.54, 1.807) is 4.90 Å². The molecule has 0 fully saturated rings. The van der Waals surface area contributed by atoms with Crippen molar-refractivity contribution < 1.29 is 5.11 Å². The SMILES string of the molecule is CC(CCCO)Nc1nc(Cl)nc(N(C)C)n1. The summed E-state index contributed by atoms with van der Waals surface area (Å²) in [6.45, 7) is 2.19. The highest BCUT2D eigenvalue weighted by atomic mass is 35.5. The Bertz CT molecular complexity index is 361. The summed E-state index contributed by atoms with van der Waals surface area (Å²) in [5.41, 5.74) is 0. The molecule has 1 aromatic rings. The number of hydrogen-bond acceptors (Lipinski definition) is 6. The molecule has 7 heteroatoms. The minimum atomic E-state index is 0.167. The van der Waals surface area contributed by atoms with Gasteiger partial charge >= 0.3 is 0 Å². The maximum Gasteiger partial charge on any atom is 0.230 e. The summed E-state index contributed by atoms with van der Waals surface area (Å²) in [5, 5.41) is 12.0. The molecule has 0 aliphatic rings. The minimum absolute atomic E-state index is 0.167. The van der Waals surface area contributed by atoms with Gasteiger partial charge in [0.25, 0.3) is 0 Å². The predicted octanol–water partition coefficient (Wildman–Crippen LogP) is 1.16. The van der Waals surface area contributed by atoms with E-state index in [4.69, 9.17) is 16.7 Å². The van der Waals surface area contributed by atoms with Gasteiger partial charge in [-0.3, -0.25) is 0 Å². The van der Waals surface area contributed by atoms with Gasteiger partial charge in [-0.2, -0.15) is 15.0 Å². The number of hydrogen-bond donors (Lipinski definition) is 2. The molecule has 0 bridgehead atoms. The number of rotatable bonds is 6. The van der Waals surface area contributed by atoms with Gasteiger partial charge in [0.15, 0.2) is 0 Å². The molecule has 2 N–H and O–H groups in total.